The van der Waals surface area contributed by atoms with E-state index in [9.17, 15) is 0 Å². The summed E-state index contributed by atoms with van der Waals surface area (Å²) in [6.45, 7) is 16.2. The molecule has 244 valence electrons. The number of hydrogen-bond donors (Lipinski definition) is 2. The molecule has 0 saturated carbocycles. The number of nitrogens with one attached hydrogen (secondary N) is 2. The predicted molar refractivity (Wildman–Crippen MR) is 195 cm³/mol. The lowest BCUT2D eigenvalue weighted by Crippen LogP contribution is -2.31. The zero-order valence-electron chi connectivity index (χ0n) is 29.7. The van der Waals surface area contributed by atoms with Crippen LogP contribution < -0.4 is 10.6 Å². The molecule has 2 heteroatoms. The summed E-state index contributed by atoms with van der Waals surface area (Å²) in [5, 5.41) is 8.40. The Hall–Kier alpha value is -1.96. The van der Waals surface area contributed by atoms with E-state index in [1.165, 1.54) is 147 Å². The van der Waals surface area contributed by atoms with Gasteiger partial charge in [0.2, 0.25) is 0 Å². The van der Waals surface area contributed by atoms with E-state index >= 15 is 0 Å². The number of hydrogen-bond acceptors (Lipinski definition) is 2. The van der Waals surface area contributed by atoms with E-state index < -0.39 is 0 Å². The third kappa shape index (κ3) is 14.1. The second-order valence-electron chi connectivity index (χ2n) is 13.4. The molecule has 2 N–H and O–H groups in total. The molecule has 0 aliphatic rings. The lowest BCUT2D eigenvalue weighted by molar-refractivity contribution is 0.552. The fourth-order valence-electron chi connectivity index (χ4n) is 6.52. The SMILES string of the molecule is CCCCCCCCCCC(Nc1c(CCCC)cc(C)cc1CCCC)Nc1c(CCCC)cc(C)cc1CCCC. The molecule has 0 atom stereocenters. The van der Waals surface area contributed by atoms with Crippen LogP contribution in [0.2, 0.25) is 0 Å². The highest BCUT2D eigenvalue weighted by Crippen LogP contribution is 2.32. The Balaban J connectivity index is 2.42. The highest BCUT2D eigenvalue weighted by atomic mass is 15.1. The minimum Gasteiger partial charge on any atom is -0.365 e. The van der Waals surface area contributed by atoms with E-state index in [1.54, 1.807) is 0 Å². The Kier molecular flexibility index (Phi) is 19.5. The van der Waals surface area contributed by atoms with Crippen molar-refractivity contribution in [2.45, 2.75) is 189 Å². The molecule has 43 heavy (non-hydrogen) atoms. The summed E-state index contributed by atoms with van der Waals surface area (Å²) >= 11 is 0. The van der Waals surface area contributed by atoms with Gasteiger partial charge >= 0.3 is 0 Å². The lowest BCUT2D eigenvalue weighted by atomic mass is 9.94. The number of rotatable bonds is 25. The maximum Gasteiger partial charge on any atom is 0.0963 e. The van der Waals surface area contributed by atoms with Gasteiger partial charge in [-0.25, -0.2) is 0 Å². The van der Waals surface area contributed by atoms with Crippen LogP contribution >= 0.6 is 0 Å². The van der Waals surface area contributed by atoms with Crippen molar-refractivity contribution in [3.63, 3.8) is 0 Å². The monoisotopic (exact) mass is 591 g/mol. The Morgan fingerprint density at radius 2 is 0.721 bits per heavy atom. The molecule has 0 heterocycles. The van der Waals surface area contributed by atoms with E-state index in [-0.39, 0.29) is 6.17 Å². The van der Waals surface area contributed by atoms with Gasteiger partial charge in [0.05, 0.1) is 6.17 Å². The largest absolute Gasteiger partial charge is 0.365 e. The van der Waals surface area contributed by atoms with Gasteiger partial charge in [0.25, 0.3) is 0 Å². The number of benzene rings is 2. The van der Waals surface area contributed by atoms with Crippen LogP contribution in [0, 0.1) is 13.8 Å². The van der Waals surface area contributed by atoms with Crippen molar-refractivity contribution >= 4 is 11.4 Å². The third-order valence-corrected chi connectivity index (χ3v) is 9.07. The van der Waals surface area contributed by atoms with Crippen molar-refractivity contribution in [2.75, 3.05) is 10.6 Å². The van der Waals surface area contributed by atoms with Crippen LogP contribution in [0.1, 0.15) is 177 Å². The van der Waals surface area contributed by atoms with Gasteiger partial charge in [-0.15, -0.1) is 0 Å². The van der Waals surface area contributed by atoms with Crippen LogP contribution in [-0.4, -0.2) is 6.17 Å². The highest BCUT2D eigenvalue weighted by molar-refractivity contribution is 5.64. The summed E-state index contributed by atoms with van der Waals surface area (Å²) in [6, 6.07) is 9.86. The van der Waals surface area contributed by atoms with Crippen molar-refractivity contribution in [1.29, 1.82) is 0 Å². The molecule has 0 radical (unpaired) electrons. The predicted octanol–water partition coefficient (Wildman–Crippen LogP) is 13.1. The van der Waals surface area contributed by atoms with Crippen molar-refractivity contribution in [2.24, 2.45) is 0 Å². The first kappa shape index (κ1) is 37.2. The van der Waals surface area contributed by atoms with Gasteiger partial charge in [0.1, 0.15) is 0 Å². The lowest BCUT2D eigenvalue weighted by Gasteiger charge is -2.29. The standard InChI is InChI=1S/C41H70N2/c1-8-13-18-19-20-21-22-23-28-39(42-40-35(24-14-9-2)29-33(6)30-36(40)25-15-10-3)43-41-37(26-16-11-4)31-34(7)32-38(41)27-17-12-5/h29-32,39,42-43H,8-28H2,1-7H3. The van der Waals surface area contributed by atoms with Gasteiger partial charge in [-0.05, 0) is 100 Å². The molecule has 0 aliphatic heterocycles. The van der Waals surface area contributed by atoms with Crippen LogP contribution in [0.4, 0.5) is 11.4 Å². The van der Waals surface area contributed by atoms with Crippen LogP contribution in [0.25, 0.3) is 0 Å². The van der Waals surface area contributed by atoms with Gasteiger partial charge in [-0.1, -0.05) is 141 Å². The molecule has 0 bridgehead atoms. The zero-order chi connectivity index (χ0) is 31.3. The first-order chi connectivity index (χ1) is 21.0. The smallest absolute Gasteiger partial charge is 0.0963 e. The second-order valence-corrected chi connectivity index (χ2v) is 13.4. The Labute approximate surface area is 268 Å². The first-order valence-electron chi connectivity index (χ1n) is 18.7. The van der Waals surface area contributed by atoms with E-state index in [0.29, 0.717) is 0 Å². The molecular weight excluding hydrogens is 520 g/mol. The fourth-order valence-corrected chi connectivity index (χ4v) is 6.52. The average Bonchev–Trinajstić information content (AvgIpc) is 3.00. The van der Waals surface area contributed by atoms with E-state index in [2.05, 4.69) is 83.4 Å². The topological polar surface area (TPSA) is 24.1 Å². The fraction of sp³-hybridized carbons (Fsp3) is 0.707. The summed E-state index contributed by atoms with van der Waals surface area (Å²) in [4.78, 5) is 0. The highest BCUT2D eigenvalue weighted by Gasteiger charge is 2.18. The minimum absolute atomic E-state index is 0.243. The van der Waals surface area contributed by atoms with Crippen molar-refractivity contribution in [3.8, 4) is 0 Å². The summed E-state index contributed by atoms with van der Waals surface area (Å²) in [5.74, 6) is 0. The molecule has 0 fully saturated rings. The molecule has 0 unspecified atom stereocenters. The normalized spacial score (nSPS) is 11.4. The van der Waals surface area contributed by atoms with E-state index in [0.717, 1.165) is 32.1 Å². The van der Waals surface area contributed by atoms with Gasteiger partial charge in [0, 0.05) is 11.4 Å². The molecule has 0 spiro atoms. The molecule has 0 aromatic heterocycles. The molecule has 0 saturated heterocycles. The second kappa shape index (κ2) is 22.5. The van der Waals surface area contributed by atoms with Crippen LogP contribution in [-0.2, 0) is 25.7 Å². The quantitative estimate of drug-likeness (QED) is 0.0887. The molecule has 0 aliphatic carbocycles. The molecular formula is C41H70N2. The zero-order valence-corrected chi connectivity index (χ0v) is 29.7. The summed E-state index contributed by atoms with van der Waals surface area (Å²) in [7, 11) is 0. The number of unbranched alkanes of at least 4 members (excludes halogenated alkanes) is 11. The van der Waals surface area contributed by atoms with Gasteiger partial charge in [0.15, 0.2) is 0 Å². The van der Waals surface area contributed by atoms with Gasteiger partial charge in [-0.2, -0.15) is 0 Å². The Morgan fingerprint density at radius 3 is 1.05 bits per heavy atom. The summed E-state index contributed by atoms with van der Waals surface area (Å²) in [5.41, 5.74) is 11.8. The van der Waals surface area contributed by atoms with Crippen molar-refractivity contribution in [3.05, 3.63) is 57.6 Å². The first-order valence-corrected chi connectivity index (χ1v) is 18.7. The molecule has 2 nitrogen and oxygen atoms in total. The number of aryl methyl sites for hydroxylation is 6. The summed E-state index contributed by atoms with van der Waals surface area (Å²) < 4.78 is 0. The maximum absolute atomic E-state index is 4.20. The molecule has 2 aromatic rings. The third-order valence-electron chi connectivity index (χ3n) is 9.07. The minimum atomic E-state index is 0.243. The van der Waals surface area contributed by atoms with E-state index in [4.69, 9.17) is 0 Å². The van der Waals surface area contributed by atoms with Gasteiger partial charge < -0.3 is 10.6 Å². The van der Waals surface area contributed by atoms with Crippen LogP contribution in [0.3, 0.4) is 0 Å². The molecule has 2 aromatic carbocycles. The van der Waals surface area contributed by atoms with Crippen molar-refractivity contribution < 1.29 is 0 Å². The van der Waals surface area contributed by atoms with Crippen molar-refractivity contribution in [1.82, 2.24) is 0 Å². The number of anilines is 2. The van der Waals surface area contributed by atoms with Gasteiger partial charge in [-0.3, -0.25) is 0 Å². The van der Waals surface area contributed by atoms with Crippen LogP contribution in [0.5, 0.6) is 0 Å². The molecule has 2 rings (SSSR count). The molecule has 0 amide bonds. The summed E-state index contributed by atoms with van der Waals surface area (Å²) in [6.07, 6.45) is 27.0. The van der Waals surface area contributed by atoms with Crippen LogP contribution in [0.15, 0.2) is 24.3 Å². The average molecular weight is 591 g/mol. The Bertz CT molecular complexity index is 877. The Morgan fingerprint density at radius 1 is 0.419 bits per heavy atom. The maximum atomic E-state index is 4.20. The van der Waals surface area contributed by atoms with E-state index in [1.807, 2.05) is 0 Å².